The molecule has 0 atom stereocenters. The van der Waals surface area contributed by atoms with E-state index in [0.29, 0.717) is 18.7 Å². The number of aromatic carboxylic acids is 1. The van der Waals surface area contributed by atoms with Gasteiger partial charge in [0.1, 0.15) is 0 Å². The van der Waals surface area contributed by atoms with Gasteiger partial charge < -0.3 is 10.4 Å². The molecule has 0 aliphatic rings. The molecule has 0 radical (unpaired) electrons. The molecule has 0 saturated heterocycles. The molecular weight excluding hydrogens is 272 g/mol. The van der Waals surface area contributed by atoms with Gasteiger partial charge in [0, 0.05) is 24.4 Å². The number of nitro groups is 1. The Morgan fingerprint density at radius 3 is 2.67 bits per heavy atom. The van der Waals surface area contributed by atoms with Crippen LogP contribution in [0.3, 0.4) is 0 Å². The zero-order chi connectivity index (χ0) is 15.2. The number of hydrogen-bond donors (Lipinski definition) is 2. The number of carboxylic acids is 1. The van der Waals surface area contributed by atoms with E-state index >= 15 is 0 Å². The fourth-order valence-electron chi connectivity index (χ4n) is 1.94. The van der Waals surface area contributed by atoms with Gasteiger partial charge in [0.25, 0.3) is 5.69 Å². The first-order valence-electron chi connectivity index (χ1n) is 6.37. The predicted molar refractivity (Wildman–Crippen MR) is 78.7 cm³/mol. The van der Waals surface area contributed by atoms with Crippen molar-refractivity contribution in [2.45, 2.75) is 6.42 Å². The van der Waals surface area contributed by atoms with Gasteiger partial charge in [0.05, 0.1) is 10.5 Å². The summed E-state index contributed by atoms with van der Waals surface area (Å²) in [5.74, 6) is -0.955. The van der Waals surface area contributed by atoms with Gasteiger partial charge in [0.15, 0.2) is 0 Å². The lowest BCUT2D eigenvalue weighted by Crippen LogP contribution is -2.06. The van der Waals surface area contributed by atoms with E-state index in [2.05, 4.69) is 5.32 Å². The number of carboxylic acid groups (broad SMARTS) is 1. The van der Waals surface area contributed by atoms with Crippen LogP contribution in [0, 0.1) is 10.1 Å². The lowest BCUT2D eigenvalue weighted by Gasteiger charge is -2.07. The Morgan fingerprint density at radius 1 is 1.19 bits per heavy atom. The average molecular weight is 286 g/mol. The fourth-order valence-corrected chi connectivity index (χ4v) is 1.94. The van der Waals surface area contributed by atoms with Crippen molar-refractivity contribution < 1.29 is 14.8 Å². The summed E-state index contributed by atoms with van der Waals surface area (Å²) in [4.78, 5) is 21.1. The van der Waals surface area contributed by atoms with Crippen LogP contribution in [0.5, 0.6) is 0 Å². The van der Waals surface area contributed by atoms with E-state index in [-0.39, 0.29) is 11.3 Å². The number of benzene rings is 2. The molecule has 0 bridgehead atoms. The Bertz CT molecular complexity index is 613. The summed E-state index contributed by atoms with van der Waals surface area (Å²) in [6, 6.07) is 13.0. The van der Waals surface area contributed by atoms with Gasteiger partial charge in [-0.1, -0.05) is 18.2 Å². The lowest BCUT2D eigenvalue weighted by molar-refractivity contribution is -0.384. The average Bonchev–Trinajstić information content (AvgIpc) is 2.48. The number of carbonyl (C=O) groups is 1. The summed E-state index contributed by atoms with van der Waals surface area (Å²) in [5, 5.41) is 22.7. The van der Waals surface area contributed by atoms with Gasteiger partial charge in [-0.25, -0.2) is 4.79 Å². The zero-order valence-electron chi connectivity index (χ0n) is 11.2. The monoisotopic (exact) mass is 286 g/mol. The SMILES string of the molecule is O=C(O)c1cccc(CCNc2cccc([N+](=O)[O-])c2)c1. The molecule has 2 aromatic rings. The Labute approximate surface area is 121 Å². The number of hydrogen-bond acceptors (Lipinski definition) is 4. The molecule has 0 aliphatic heterocycles. The summed E-state index contributed by atoms with van der Waals surface area (Å²) in [6.07, 6.45) is 0.629. The van der Waals surface area contributed by atoms with Crippen molar-refractivity contribution in [2.24, 2.45) is 0 Å². The Kier molecular flexibility index (Phi) is 4.50. The van der Waals surface area contributed by atoms with E-state index < -0.39 is 10.9 Å². The van der Waals surface area contributed by atoms with Gasteiger partial charge in [-0.05, 0) is 30.2 Å². The second-order valence-corrected chi connectivity index (χ2v) is 4.49. The molecule has 108 valence electrons. The maximum atomic E-state index is 10.9. The van der Waals surface area contributed by atoms with Crippen molar-refractivity contribution in [1.82, 2.24) is 0 Å². The zero-order valence-corrected chi connectivity index (χ0v) is 11.2. The van der Waals surface area contributed by atoms with Crippen LogP contribution in [0.2, 0.25) is 0 Å². The molecule has 0 unspecified atom stereocenters. The first-order valence-corrected chi connectivity index (χ1v) is 6.37. The van der Waals surface area contributed by atoms with Crippen LogP contribution >= 0.6 is 0 Å². The highest BCUT2D eigenvalue weighted by Crippen LogP contribution is 2.17. The number of nitro benzene ring substituents is 1. The second kappa shape index (κ2) is 6.51. The smallest absolute Gasteiger partial charge is 0.335 e. The van der Waals surface area contributed by atoms with E-state index in [1.54, 1.807) is 30.3 Å². The van der Waals surface area contributed by atoms with E-state index in [4.69, 9.17) is 5.11 Å². The molecule has 0 heterocycles. The summed E-state index contributed by atoms with van der Waals surface area (Å²) in [5.41, 5.74) is 1.85. The van der Waals surface area contributed by atoms with Gasteiger partial charge >= 0.3 is 5.97 Å². The Morgan fingerprint density at radius 2 is 1.95 bits per heavy atom. The quantitative estimate of drug-likeness (QED) is 0.629. The standard InChI is InChI=1S/C15H14N2O4/c18-15(19)12-4-1-3-11(9-12)7-8-16-13-5-2-6-14(10-13)17(20)21/h1-6,9-10,16H,7-8H2,(H,18,19). The van der Waals surface area contributed by atoms with Gasteiger partial charge in [0.2, 0.25) is 0 Å². The van der Waals surface area contributed by atoms with Gasteiger partial charge in [-0.15, -0.1) is 0 Å². The summed E-state index contributed by atoms with van der Waals surface area (Å²) >= 11 is 0. The predicted octanol–water partition coefficient (Wildman–Crippen LogP) is 2.95. The molecule has 0 spiro atoms. The molecule has 6 nitrogen and oxygen atoms in total. The topological polar surface area (TPSA) is 92.5 Å². The summed E-state index contributed by atoms with van der Waals surface area (Å²) < 4.78 is 0. The molecule has 0 aliphatic carbocycles. The van der Waals surface area contributed by atoms with Crippen LogP contribution in [0.25, 0.3) is 0 Å². The molecular formula is C15H14N2O4. The first-order chi connectivity index (χ1) is 10.1. The third-order valence-electron chi connectivity index (χ3n) is 2.97. The number of non-ortho nitro benzene ring substituents is 1. The minimum absolute atomic E-state index is 0.0351. The van der Waals surface area contributed by atoms with Crippen molar-refractivity contribution in [3.05, 3.63) is 69.8 Å². The molecule has 2 aromatic carbocycles. The highest BCUT2D eigenvalue weighted by Gasteiger charge is 2.06. The van der Waals surface area contributed by atoms with E-state index in [1.165, 1.54) is 12.1 Å². The highest BCUT2D eigenvalue weighted by molar-refractivity contribution is 5.87. The number of anilines is 1. The van der Waals surface area contributed by atoms with E-state index in [9.17, 15) is 14.9 Å². The number of nitrogens with zero attached hydrogens (tertiary/aromatic N) is 1. The lowest BCUT2D eigenvalue weighted by atomic mass is 10.1. The number of rotatable bonds is 6. The van der Waals surface area contributed by atoms with Crippen LogP contribution in [0.4, 0.5) is 11.4 Å². The maximum absolute atomic E-state index is 10.9. The van der Waals surface area contributed by atoms with Crippen LogP contribution in [-0.2, 0) is 6.42 Å². The van der Waals surface area contributed by atoms with Crippen LogP contribution in [0.1, 0.15) is 15.9 Å². The molecule has 2 N–H and O–H groups in total. The first kappa shape index (κ1) is 14.5. The van der Waals surface area contributed by atoms with Crippen molar-refractivity contribution in [1.29, 1.82) is 0 Å². The molecule has 21 heavy (non-hydrogen) atoms. The van der Waals surface area contributed by atoms with Crippen molar-refractivity contribution in [3.8, 4) is 0 Å². The Hall–Kier alpha value is -2.89. The summed E-state index contributed by atoms with van der Waals surface area (Å²) in [6.45, 7) is 0.560. The van der Waals surface area contributed by atoms with Crippen LogP contribution in [-0.4, -0.2) is 22.5 Å². The Balaban J connectivity index is 1.95. The highest BCUT2D eigenvalue weighted by atomic mass is 16.6. The fraction of sp³-hybridized carbons (Fsp3) is 0.133. The molecule has 0 fully saturated rings. The van der Waals surface area contributed by atoms with Crippen LogP contribution in [0.15, 0.2) is 48.5 Å². The maximum Gasteiger partial charge on any atom is 0.335 e. The number of nitrogens with one attached hydrogen (secondary N) is 1. The molecule has 0 saturated carbocycles. The molecule has 0 aromatic heterocycles. The van der Waals surface area contributed by atoms with Crippen molar-refractivity contribution in [3.63, 3.8) is 0 Å². The summed E-state index contributed by atoms with van der Waals surface area (Å²) in [7, 11) is 0. The van der Waals surface area contributed by atoms with E-state index in [0.717, 1.165) is 5.56 Å². The molecule has 6 heteroatoms. The normalized spacial score (nSPS) is 10.1. The third-order valence-corrected chi connectivity index (χ3v) is 2.97. The van der Waals surface area contributed by atoms with Gasteiger partial charge in [-0.2, -0.15) is 0 Å². The minimum atomic E-state index is -0.955. The van der Waals surface area contributed by atoms with Crippen molar-refractivity contribution in [2.75, 3.05) is 11.9 Å². The third kappa shape index (κ3) is 4.04. The minimum Gasteiger partial charge on any atom is -0.478 e. The molecule has 0 amide bonds. The van der Waals surface area contributed by atoms with E-state index in [1.807, 2.05) is 6.07 Å². The second-order valence-electron chi connectivity index (χ2n) is 4.49. The van der Waals surface area contributed by atoms with Gasteiger partial charge in [-0.3, -0.25) is 10.1 Å². The van der Waals surface area contributed by atoms with Crippen molar-refractivity contribution >= 4 is 17.3 Å². The molecule has 2 rings (SSSR count). The largest absolute Gasteiger partial charge is 0.478 e. The van der Waals surface area contributed by atoms with Crippen LogP contribution < -0.4 is 5.32 Å².